The van der Waals surface area contributed by atoms with Crippen LogP contribution in [0.15, 0.2) is 53.7 Å². The number of halogens is 1. The Morgan fingerprint density at radius 2 is 1.88 bits per heavy atom. The summed E-state index contributed by atoms with van der Waals surface area (Å²) in [6.45, 7) is 3.83. The molecule has 1 heterocycles. The quantitative estimate of drug-likeness (QED) is 0.770. The first kappa shape index (κ1) is 19.4. The van der Waals surface area contributed by atoms with Gasteiger partial charge in [-0.3, -0.25) is 9.78 Å². The zero-order valence-corrected chi connectivity index (χ0v) is 15.5. The molecule has 0 aliphatic carbocycles. The van der Waals surface area contributed by atoms with Gasteiger partial charge in [0.15, 0.2) is 0 Å². The number of amides is 1. The minimum Gasteiger partial charge on any atom is -0.351 e. The second-order valence-electron chi connectivity index (χ2n) is 5.88. The van der Waals surface area contributed by atoms with Crippen LogP contribution in [0, 0.1) is 5.92 Å². The van der Waals surface area contributed by atoms with Crippen LogP contribution in [0.5, 0.6) is 0 Å². The SMILES string of the molecule is CC(C)[C@@H](NS(=O)(=O)c1ccc(Cl)cc1)C(=O)NCc1cccnc1. The van der Waals surface area contributed by atoms with Gasteiger partial charge in [-0.2, -0.15) is 4.72 Å². The minimum atomic E-state index is -3.83. The molecule has 6 nitrogen and oxygen atoms in total. The number of nitrogens with one attached hydrogen (secondary N) is 2. The zero-order valence-electron chi connectivity index (χ0n) is 13.9. The van der Waals surface area contributed by atoms with Gasteiger partial charge in [0.05, 0.1) is 4.90 Å². The Labute approximate surface area is 152 Å². The van der Waals surface area contributed by atoms with Crippen LogP contribution in [0.2, 0.25) is 5.02 Å². The van der Waals surface area contributed by atoms with Crippen molar-refractivity contribution in [2.45, 2.75) is 31.3 Å². The van der Waals surface area contributed by atoms with E-state index < -0.39 is 22.0 Å². The molecule has 0 aliphatic rings. The Morgan fingerprint density at radius 1 is 1.20 bits per heavy atom. The highest BCUT2D eigenvalue weighted by Gasteiger charge is 2.28. The van der Waals surface area contributed by atoms with Gasteiger partial charge in [-0.1, -0.05) is 31.5 Å². The van der Waals surface area contributed by atoms with E-state index in [1.54, 1.807) is 32.3 Å². The molecule has 2 aromatic rings. The van der Waals surface area contributed by atoms with E-state index in [0.717, 1.165) is 5.56 Å². The monoisotopic (exact) mass is 381 g/mol. The fourth-order valence-corrected chi connectivity index (χ4v) is 3.61. The molecule has 2 rings (SSSR count). The predicted octanol–water partition coefficient (Wildman–Crippen LogP) is 2.35. The second kappa shape index (κ2) is 8.42. The fourth-order valence-electron chi connectivity index (χ4n) is 2.14. The average molecular weight is 382 g/mol. The lowest BCUT2D eigenvalue weighted by Gasteiger charge is -2.21. The molecule has 0 aliphatic heterocycles. The third kappa shape index (κ3) is 5.52. The normalized spacial score (nSPS) is 12.8. The molecule has 25 heavy (non-hydrogen) atoms. The van der Waals surface area contributed by atoms with E-state index in [0.29, 0.717) is 5.02 Å². The van der Waals surface area contributed by atoms with Crippen LogP contribution in [0.3, 0.4) is 0 Å². The maximum absolute atomic E-state index is 12.5. The van der Waals surface area contributed by atoms with Gasteiger partial charge < -0.3 is 5.32 Å². The number of nitrogens with zero attached hydrogens (tertiary/aromatic N) is 1. The van der Waals surface area contributed by atoms with Crippen molar-refractivity contribution in [1.82, 2.24) is 15.0 Å². The molecule has 0 saturated heterocycles. The lowest BCUT2D eigenvalue weighted by Crippen LogP contribution is -2.49. The summed E-state index contributed by atoms with van der Waals surface area (Å²) in [4.78, 5) is 16.5. The van der Waals surface area contributed by atoms with E-state index in [2.05, 4.69) is 15.0 Å². The first-order valence-corrected chi connectivity index (χ1v) is 9.60. The molecule has 0 radical (unpaired) electrons. The van der Waals surface area contributed by atoms with Crippen LogP contribution in [-0.4, -0.2) is 25.4 Å². The van der Waals surface area contributed by atoms with E-state index in [1.807, 2.05) is 6.07 Å². The molecule has 0 saturated carbocycles. The number of carbonyl (C=O) groups excluding carboxylic acids is 1. The van der Waals surface area contributed by atoms with E-state index in [-0.39, 0.29) is 17.4 Å². The molecule has 1 amide bonds. The predicted molar refractivity (Wildman–Crippen MR) is 96.5 cm³/mol. The molecule has 1 aromatic heterocycles. The van der Waals surface area contributed by atoms with Crippen LogP contribution in [0.1, 0.15) is 19.4 Å². The summed E-state index contributed by atoms with van der Waals surface area (Å²) in [5.41, 5.74) is 0.832. The Bertz CT molecular complexity index is 809. The van der Waals surface area contributed by atoms with Gasteiger partial charge in [-0.05, 0) is 41.8 Å². The van der Waals surface area contributed by atoms with E-state index in [1.165, 1.54) is 24.3 Å². The molecule has 0 spiro atoms. The van der Waals surface area contributed by atoms with Crippen molar-refractivity contribution in [3.63, 3.8) is 0 Å². The van der Waals surface area contributed by atoms with Crippen LogP contribution in [0.4, 0.5) is 0 Å². The van der Waals surface area contributed by atoms with Gasteiger partial charge in [0.25, 0.3) is 0 Å². The molecule has 1 atom stereocenters. The first-order valence-electron chi connectivity index (χ1n) is 7.74. The fraction of sp³-hybridized carbons (Fsp3) is 0.294. The topological polar surface area (TPSA) is 88.2 Å². The molecule has 8 heteroatoms. The number of hydrogen-bond acceptors (Lipinski definition) is 4. The van der Waals surface area contributed by atoms with Crippen molar-refractivity contribution in [2.24, 2.45) is 5.92 Å². The van der Waals surface area contributed by atoms with Crippen molar-refractivity contribution in [3.05, 3.63) is 59.4 Å². The summed E-state index contributed by atoms with van der Waals surface area (Å²) in [7, 11) is -3.83. The number of rotatable bonds is 7. The van der Waals surface area contributed by atoms with Gasteiger partial charge in [-0.25, -0.2) is 8.42 Å². The highest BCUT2D eigenvalue weighted by Crippen LogP contribution is 2.15. The van der Waals surface area contributed by atoms with Gasteiger partial charge in [-0.15, -0.1) is 0 Å². The molecule has 2 N–H and O–H groups in total. The van der Waals surface area contributed by atoms with Crippen molar-refractivity contribution in [3.8, 4) is 0 Å². The molecule has 0 fully saturated rings. The minimum absolute atomic E-state index is 0.0580. The summed E-state index contributed by atoms with van der Waals surface area (Å²) in [5, 5.41) is 3.18. The Morgan fingerprint density at radius 3 is 2.44 bits per heavy atom. The highest BCUT2D eigenvalue weighted by atomic mass is 35.5. The van der Waals surface area contributed by atoms with Gasteiger partial charge in [0.2, 0.25) is 15.9 Å². The summed E-state index contributed by atoms with van der Waals surface area (Å²) >= 11 is 5.78. The Hall–Kier alpha value is -1.96. The number of sulfonamides is 1. The molecule has 134 valence electrons. The third-order valence-electron chi connectivity index (χ3n) is 3.54. The summed E-state index contributed by atoms with van der Waals surface area (Å²) in [6.07, 6.45) is 3.28. The van der Waals surface area contributed by atoms with Crippen LogP contribution >= 0.6 is 11.6 Å². The van der Waals surface area contributed by atoms with Gasteiger partial charge in [0.1, 0.15) is 6.04 Å². The number of aromatic nitrogens is 1. The maximum atomic E-state index is 12.5. The Balaban J connectivity index is 2.09. The largest absolute Gasteiger partial charge is 0.351 e. The molecule has 0 bridgehead atoms. The van der Waals surface area contributed by atoms with Crippen LogP contribution in [-0.2, 0) is 21.4 Å². The highest BCUT2D eigenvalue weighted by molar-refractivity contribution is 7.89. The Kier molecular flexibility index (Phi) is 6.52. The van der Waals surface area contributed by atoms with Crippen LogP contribution < -0.4 is 10.0 Å². The lowest BCUT2D eigenvalue weighted by atomic mass is 10.0. The summed E-state index contributed by atoms with van der Waals surface area (Å²) in [5.74, 6) is -0.618. The van der Waals surface area contributed by atoms with Gasteiger partial charge >= 0.3 is 0 Å². The molecular weight excluding hydrogens is 362 g/mol. The number of benzene rings is 1. The first-order chi connectivity index (χ1) is 11.8. The standard InChI is InChI=1S/C17H20ClN3O3S/c1-12(2)16(17(22)20-11-13-4-3-9-19-10-13)21-25(23,24)15-7-5-14(18)6-8-15/h3-10,12,16,21H,11H2,1-2H3,(H,20,22)/t16-/m1/s1. The zero-order chi connectivity index (χ0) is 18.4. The molecular formula is C17H20ClN3O3S. The van der Waals surface area contributed by atoms with Crippen molar-refractivity contribution in [1.29, 1.82) is 0 Å². The summed E-state index contributed by atoms with van der Waals surface area (Å²) < 4.78 is 27.5. The molecule has 0 unspecified atom stereocenters. The maximum Gasteiger partial charge on any atom is 0.241 e. The number of hydrogen-bond donors (Lipinski definition) is 2. The van der Waals surface area contributed by atoms with E-state index >= 15 is 0 Å². The average Bonchev–Trinajstić information content (AvgIpc) is 2.58. The second-order valence-corrected chi connectivity index (χ2v) is 8.03. The molecule has 1 aromatic carbocycles. The van der Waals surface area contributed by atoms with Crippen molar-refractivity contribution < 1.29 is 13.2 Å². The summed E-state index contributed by atoms with van der Waals surface area (Å²) in [6, 6.07) is 8.48. The lowest BCUT2D eigenvalue weighted by molar-refractivity contribution is -0.123. The third-order valence-corrected chi connectivity index (χ3v) is 5.25. The van der Waals surface area contributed by atoms with Crippen molar-refractivity contribution in [2.75, 3.05) is 0 Å². The van der Waals surface area contributed by atoms with Gasteiger partial charge in [0, 0.05) is 24.0 Å². The van der Waals surface area contributed by atoms with E-state index in [4.69, 9.17) is 11.6 Å². The number of pyridine rings is 1. The number of carbonyl (C=O) groups is 1. The van der Waals surface area contributed by atoms with Crippen LogP contribution in [0.25, 0.3) is 0 Å². The smallest absolute Gasteiger partial charge is 0.241 e. The van der Waals surface area contributed by atoms with E-state index in [9.17, 15) is 13.2 Å². The van der Waals surface area contributed by atoms with Crippen molar-refractivity contribution >= 4 is 27.5 Å².